The Hall–Kier alpha value is -1.38. The second-order valence-corrected chi connectivity index (χ2v) is 5.70. The van der Waals surface area contributed by atoms with Crippen LogP contribution in [0.3, 0.4) is 0 Å². The molecule has 2 aromatic rings. The van der Waals surface area contributed by atoms with Gasteiger partial charge >= 0.3 is 0 Å². The molecule has 1 unspecified atom stereocenters. The quantitative estimate of drug-likeness (QED) is 0.914. The summed E-state index contributed by atoms with van der Waals surface area (Å²) in [5.74, 6) is 0. The van der Waals surface area contributed by atoms with E-state index in [2.05, 4.69) is 59.6 Å². The van der Waals surface area contributed by atoms with Gasteiger partial charge in [-0.15, -0.1) is 0 Å². The van der Waals surface area contributed by atoms with Crippen LogP contribution in [0.4, 0.5) is 0 Å². The molecule has 0 spiro atoms. The molecule has 106 valence electrons. The second-order valence-electron chi connectivity index (χ2n) is 5.70. The zero-order valence-corrected chi connectivity index (χ0v) is 12.3. The van der Waals surface area contributed by atoms with Crippen LogP contribution in [-0.2, 0) is 6.54 Å². The highest BCUT2D eigenvalue weighted by Gasteiger charge is 2.20. The standard InChI is InChI=1S/C18H24N2/c1-2-20(17-10-6-12-19-13-17)14-16-9-5-8-15-7-3-4-11-18(15)16/h3-5,7-9,11,17,19H,2,6,10,12-14H2,1H3. The summed E-state index contributed by atoms with van der Waals surface area (Å²) < 4.78 is 0. The first-order valence-corrected chi connectivity index (χ1v) is 7.80. The number of benzene rings is 2. The number of piperidine rings is 1. The van der Waals surface area contributed by atoms with Gasteiger partial charge in [0.25, 0.3) is 0 Å². The Morgan fingerprint density at radius 2 is 2.00 bits per heavy atom. The van der Waals surface area contributed by atoms with Crippen molar-refractivity contribution in [1.29, 1.82) is 0 Å². The molecule has 0 aromatic heterocycles. The van der Waals surface area contributed by atoms with Crippen molar-refractivity contribution in [2.24, 2.45) is 0 Å². The fourth-order valence-electron chi connectivity index (χ4n) is 3.29. The summed E-state index contributed by atoms with van der Waals surface area (Å²) in [6.07, 6.45) is 2.63. The van der Waals surface area contributed by atoms with Gasteiger partial charge < -0.3 is 5.32 Å². The number of likely N-dealkylation sites (N-methyl/N-ethyl adjacent to an activating group) is 1. The van der Waals surface area contributed by atoms with Gasteiger partial charge in [-0.05, 0) is 42.3 Å². The van der Waals surface area contributed by atoms with Crippen LogP contribution in [0.25, 0.3) is 10.8 Å². The molecule has 2 aromatic carbocycles. The van der Waals surface area contributed by atoms with Crippen molar-refractivity contribution >= 4 is 10.8 Å². The number of nitrogens with one attached hydrogen (secondary N) is 1. The van der Waals surface area contributed by atoms with Gasteiger partial charge in [-0.2, -0.15) is 0 Å². The molecular weight excluding hydrogens is 244 g/mol. The first-order chi connectivity index (χ1) is 9.88. The number of fused-ring (bicyclic) bond motifs is 1. The average Bonchev–Trinajstić information content (AvgIpc) is 2.53. The fraction of sp³-hybridized carbons (Fsp3) is 0.444. The highest BCUT2D eigenvalue weighted by atomic mass is 15.2. The molecular formula is C18H24N2. The molecule has 3 rings (SSSR count). The van der Waals surface area contributed by atoms with Crippen LogP contribution in [-0.4, -0.2) is 30.6 Å². The van der Waals surface area contributed by atoms with Crippen molar-refractivity contribution in [1.82, 2.24) is 10.2 Å². The summed E-state index contributed by atoms with van der Waals surface area (Å²) in [5, 5.41) is 6.28. The van der Waals surface area contributed by atoms with Crippen LogP contribution in [0.5, 0.6) is 0 Å². The van der Waals surface area contributed by atoms with Gasteiger partial charge in [-0.3, -0.25) is 4.90 Å². The van der Waals surface area contributed by atoms with E-state index in [1.807, 2.05) is 0 Å². The van der Waals surface area contributed by atoms with Crippen LogP contribution in [0, 0.1) is 0 Å². The van der Waals surface area contributed by atoms with Gasteiger partial charge in [0.2, 0.25) is 0 Å². The molecule has 1 N–H and O–H groups in total. The van der Waals surface area contributed by atoms with Crippen molar-refractivity contribution in [3.63, 3.8) is 0 Å². The van der Waals surface area contributed by atoms with E-state index in [0.717, 1.165) is 19.6 Å². The van der Waals surface area contributed by atoms with Crippen LogP contribution >= 0.6 is 0 Å². The molecule has 1 heterocycles. The molecule has 0 radical (unpaired) electrons. The Morgan fingerprint density at radius 1 is 1.15 bits per heavy atom. The van der Waals surface area contributed by atoms with E-state index >= 15 is 0 Å². The second kappa shape index (κ2) is 6.38. The van der Waals surface area contributed by atoms with Gasteiger partial charge in [0.15, 0.2) is 0 Å². The first-order valence-electron chi connectivity index (χ1n) is 7.80. The summed E-state index contributed by atoms with van der Waals surface area (Å²) in [5.41, 5.74) is 1.45. The summed E-state index contributed by atoms with van der Waals surface area (Å²) in [6, 6.07) is 16.1. The highest BCUT2D eigenvalue weighted by Crippen LogP contribution is 2.22. The van der Waals surface area contributed by atoms with Crippen LogP contribution in [0.2, 0.25) is 0 Å². The Kier molecular flexibility index (Phi) is 4.34. The minimum absolute atomic E-state index is 0.688. The Morgan fingerprint density at radius 3 is 2.80 bits per heavy atom. The van der Waals surface area contributed by atoms with E-state index in [1.165, 1.54) is 35.7 Å². The molecule has 0 saturated carbocycles. The molecule has 1 saturated heterocycles. The van der Waals surface area contributed by atoms with Crippen molar-refractivity contribution in [3.05, 3.63) is 48.0 Å². The average molecular weight is 268 g/mol. The predicted octanol–water partition coefficient (Wildman–Crippen LogP) is 3.41. The van der Waals surface area contributed by atoms with Crippen molar-refractivity contribution < 1.29 is 0 Å². The van der Waals surface area contributed by atoms with Gasteiger partial charge in [-0.1, -0.05) is 49.4 Å². The summed E-state index contributed by atoms with van der Waals surface area (Å²) >= 11 is 0. The third-order valence-corrected chi connectivity index (χ3v) is 4.45. The van der Waals surface area contributed by atoms with E-state index in [-0.39, 0.29) is 0 Å². The SMILES string of the molecule is CCN(Cc1cccc2ccccc12)C1CCCNC1. The summed E-state index contributed by atoms with van der Waals surface area (Å²) in [6.45, 7) is 6.78. The minimum atomic E-state index is 0.688. The van der Waals surface area contributed by atoms with Crippen molar-refractivity contribution in [2.45, 2.75) is 32.4 Å². The third kappa shape index (κ3) is 2.87. The Labute approximate surface area is 121 Å². The van der Waals surface area contributed by atoms with E-state index in [4.69, 9.17) is 0 Å². The van der Waals surface area contributed by atoms with Gasteiger partial charge in [0.05, 0.1) is 0 Å². The molecule has 2 nitrogen and oxygen atoms in total. The lowest BCUT2D eigenvalue weighted by Gasteiger charge is -2.34. The van der Waals surface area contributed by atoms with E-state index < -0.39 is 0 Å². The largest absolute Gasteiger partial charge is 0.315 e. The lowest BCUT2D eigenvalue weighted by atomic mass is 10.0. The lowest BCUT2D eigenvalue weighted by molar-refractivity contribution is 0.166. The van der Waals surface area contributed by atoms with E-state index in [1.54, 1.807) is 0 Å². The zero-order valence-electron chi connectivity index (χ0n) is 12.3. The molecule has 0 amide bonds. The van der Waals surface area contributed by atoms with Crippen molar-refractivity contribution in [3.8, 4) is 0 Å². The smallest absolute Gasteiger partial charge is 0.0243 e. The number of hydrogen-bond donors (Lipinski definition) is 1. The summed E-state index contributed by atoms with van der Waals surface area (Å²) in [7, 11) is 0. The molecule has 0 bridgehead atoms. The maximum atomic E-state index is 3.53. The first kappa shape index (κ1) is 13.6. The summed E-state index contributed by atoms with van der Waals surface area (Å²) in [4.78, 5) is 2.62. The maximum Gasteiger partial charge on any atom is 0.0243 e. The van der Waals surface area contributed by atoms with Crippen molar-refractivity contribution in [2.75, 3.05) is 19.6 Å². The van der Waals surface area contributed by atoms with Gasteiger partial charge in [0.1, 0.15) is 0 Å². The monoisotopic (exact) mass is 268 g/mol. The van der Waals surface area contributed by atoms with Gasteiger partial charge in [-0.25, -0.2) is 0 Å². The number of rotatable bonds is 4. The molecule has 1 aliphatic rings. The lowest BCUT2D eigenvalue weighted by Crippen LogP contribution is -2.45. The number of hydrogen-bond acceptors (Lipinski definition) is 2. The third-order valence-electron chi connectivity index (χ3n) is 4.45. The Balaban J connectivity index is 1.83. The molecule has 0 aliphatic carbocycles. The molecule has 1 aliphatic heterocycles. The molecule has 2 heteroatoms. The van der Waals surface area contributed by atoms with Crippen LogP contribution in [0.1, 0.15) is 25.3 Å². The Bertz CT molecular complexity index is 553. The zero-order chi connectivity index (χ0) is 13.8. The van der Waals surface area contributed by atoms with E-state index in [0.29, 0.717) is 6.04 Å². The van der Waals surface area contributed by atoms with Gasteiger partial charge in [0, 0.05) is 19.1 Å². The minimum Gasteiger partial charge on any atom is -0.315 e. The topological polar surface area (TPSA) is 15.3 Å². The predicted molar refractivity (Wildman–Crippen MR) is 85.9 cm³/mol. The fourth-order valence-corrected chi connectivity index (χ4v) is 3.29. The van der Waals surface area contributed by atoms with Crippen LogP contribution in [0.15, 0.2) is 42.5 Å². The molecule has 20 heavy (non-hydrogen) atoms. The molecule has 1 atom stereocenters. The number of nitrogens with zero attached hydrogens (tertiary/aromatic N) is 1. The molecule has 1 fully saturated rings. The van der Waals surface area contributed by atoms with E-state index in [9.17, 15) is 0 Å². The van der Waals surface area contributed by atoms with Crippen LogP contribution < -0.4 is 5.32 Å². The maximum absolute atomic E-state index is 3.53. The normalized spacial score (nSPS) is 19.6. The highest BCUT2D eigenvalue weighted by molar-refractivity contribution is 5.85.